The zero-order valence-electron chi connectivity index (χ0n) is 21.0. The third-order valence-corrected chi connectivity index (χ3v) is 8.88. The van der Waals surface area contributed by atoms with E-state index >= 15 is 0 Å². The first-order valence-corrected chi connectivity index (χ1v) is 13.9. The molecule has 2 amide bonds. The maximum atomic E-state index is 14.8. The smallest absolute Gasteiger partial charge is 0.354 e. The molecule has 0 unspecified atom stereocenters. The van der Waals surface area contributed by atoms with E-state index in [2.05, 4.69) is 25.6 Å². The standard InChI is InChI=1S/C26H28F3N5O3S/c1-15(16-9-11-19(37-2)12-10-16)32-38(36,24-22(27)14-34(31-24)25(28)29)33-26(35)30-23-20-7-3-5-17(20)13-18-6-4-8-21(18)23/h9-15,25H,3-8H2,1-2H3,(H2,30,32,33,35,36)/t15-,38-/m0/s1. The number of aryl methyl sites for hydroxylation is 2. The van der Waals surface area contributed by atoms with Gasteiger partial charge in [-0.05, 0) is 85.4 Å². The molecule has 0 fully saturated rings. The number of aromatic nitrogens is 2. The zero-order valence-corrected chi connectivity index (χ0v) is 21.8. The minimum absolute atomic E-state index is 0.0500. The van der Waals surface area contributed by atoms with Gasteiger partial charge in [0, 0.05) is 11.7 Å². The summed E-state index contributed by atoms with van der Waals surface area (Å²) in [6, 6.07) is 7.27. The molecule has 1 aromatic heterocycles. The number of carbonyl (C=O) groups excluding carboxylic acids is 1. The van der Waals surface area contributed by atoms with Crippen molar-refractivity contribution >= 4 is 21.6 Å². The van der Waals surface area contributed by atoms with Crippen LogP contribution in [0.2, 0.25) is 0 Å². The summed E-state index contributed by atoms with van der Waals surface area (Å²) in [7, 11) is -2.62. The molecule has 12 heteroatoms. The molecule has 8 nitrogen and oxygen atoms in total. The molecule has 2 N–H and O–H groups in total. The number of carbonyl (C=O) groups is 1. The van der Waals surface area contributed by atoms with Gasteiger partial charge in [-0.15, -0.1) is 4.36 Å². The van der Waals surface area contributed by atoms with Crippen molar-refractivity contribution < 1.29 is 26.9 Å². The number of nitrogens with zero attached hydrogens (tertiary/aromatic N) is 3. The maximum absolute atomic E-state index is 14.8. The van der Waals surface area contributed by atoms with Crippen LogP contribution in [-0.4, -0.2) is 27.1 Å². The number of alkyl halides is 2. The zero-order chi connectivity index (χ0) is 27.0. The minimum atomic E-state index is -4.13. The van der Waals surface area contributed by atoms with E-state index in [0.29, 0.717) is 23.2 Å². The van der Waals surface area contributed by atoms with E-state index in [4.69, 9.17) is 4.74 Å². The highest BCUT2D eigenvalue weighted by Gasteiger charge is 2.29. The Hall–Kier alpha value is -3.38. The number of nitrogens with one attached hydrogen (secondary N) is 2. The average molecular weight is 548 g/mol. The lowest BCUT2D eigenvalue weighted by atomic mass is 9.99. The molecule has 2 atom stereocenters. The summed E-state index contributed by atoms with van der Waals surface area (Å²) >= 11 is 0. The Bertz CT molecular complexity index is 1460. The molecule has 0 aliphatic heterocycles. The monoisotopic (exact) mass is 547 g/mol. The Morgan fingerprint density at radius 1 is 1.11 bits per heavy atom. The van der Waals surface area contributed by atoms with Crippen LogP contribution in [-0.2, 0) is 35.6 Å². The molecule has 2 aromatic carbocycles. The first kappa shape index (κ1) is 26.2. The van der Waals surface area contributed by atoms with Crippen molar-refractivity contribution in [2.45, 2.75) is 63.1 Å². The van der Waals surface area contributed by atoms with Gasteiger partial charge in [0.05, 0.1) is 13.3 Å². The lowest BCUT2D eigenvalue weighted by Crippen LogP contribution is -2.29. The average Bonchev–Trinajstić information content (AvgIpc) is 3.63. The molecule has 202 valence electrons. The fourth-order valence-corrected chi connectivity index (χ4v) is 6.85. The van der Waals surface area contributed by atoms with E-state index in [1.807, 2.05) is 0 Å². The van der Waals surface area contributed by atoms with E-state index in [1.54, 1.807) is 31.2 Å². The number of rotatable bonds is 7. The molecule has 0 spiro atoms. The molecule has 5 rings (SSSR count). The lowest BCUT2D eigenvalue weighted by Gasteiger charge is -2.18. The van der Waals surface area contributed by atoms with E-state index in [9.17, 15) is 22.2 Å². The number of fused-ring (bicyclic) bond motifs is 2. The molecule has 2 aliphatic carbocycles. The van der Waals surface area contributed by atoms with Gasteiger partial charge in [-0.2, -0.15) is 13.9 Å². The first-order chi connectivity index (χ1) is 18.2. The van der Waals surface area contributed by atoms with Crippen LogP contribution in [0.25, 0.3) is 0 Å². The Labute approximate surface area is 218 Å². The number of halogens is 3. The van der Waals surface area contributed by atoms with Crippen LogP contribution in [0, 0.1) is 5.82 Å². The van der Waals surface area contributed by atoms with Gasteiger partial charge in [0.25, 0.3) is 0 Å². The summed E-state index contributed by atoms with van der Waals surface area (Å²) in [6.45, 7) is -1.53. The Balaban J connectivity index is 1.53. The predicted octanol–water partition coefficient (Wildman–Crippen LogP) is 5.73. The Kier molecular flexibility index (Phi) is 7.19. The highest BCUT2D eigenvalue weighted by Crippen LogP contribution is 2.38. The SMILES string of the molecule is COc1ccc([C@H](C)N[S@](=O)(=NC(=O)Nc2c3c(cc4c2CCC4)CCC3)c2nn(C(F)F)cc2F)cc1. The summed E-state index contributed by atoms with van der Waals surface area (Å²) in [5, 5.41) is 5.43. The van der Waals surface area contributed by atoms with Gasteiger partial charge in [0.1, 0.15) is 5.75 Å². The Morgan fingerprint density at radius 2 is 1.74 bits per heavy atom. The van der Waals surface area contributed by atoms with E-state index in [0.717, 1.165) is 49.7 Å². The number of ether oxygens (including phenoxy) is 1. The van der Waals surface area contributed by atoms with Crippen molar-refractivity contribution in [3.05, 3.63) is 70.2 Å². The van der Waals surface area contributed by atoms with Crippen molar-refractivity contribution in [3.63, 3.8) is 0 Å². The number of anilines is 1. The highest BCUT2D eigenvalue weighted by molar-refractivity contribution is 7.92. The quantitative estimate of drug-likeness (QED) is 0.395. The van der Waals surface area contributed by atoms with Crippen molar-refractivity contribution in [1.29, 1.82) is 0 Å². The van der Waals surface area contributed by atoms with Crippen molar-refractivity contribution in [3.8, 4) is 5.75 Å². The second-order valence-corrected chi connectivity index (χ2v) is 11.3. The molecular weight excluding hydrogens is 519 g/mol. The fourth-order valence-electron chi connectivity index (χ4n) is 5.18. The molecule has 0 saturated heterocycles. The molecule has 38 heavy (non-hydrogen) atoms. The van der Waals surface area contributed by atoms with Gasteiger partial charge in [-0.3, -0.25) is 0 Å². The summed E-state index contributed by atoms with van der Waals surface area (Å²) in [6.07, 6.45) is 5.79. The van der Waals surface area contributed by atoms with Crippen molar-refractivity contribution in [2.24, 2.45) is 4.36 Å². The van der Waals surface area contributed by atoms with Gasteiger partial charge in [0.15, 0.2) is 15.7 Å². The van der Waals surface area contributed by atoms with Crippen LogP contribution in [0.15, 0.2) is 45.9 Å². The van der Waals surface area contributed by atoms with Crippen molar-refractivity contribution in [2.75, 3.05) is 12.4 Å². The van der Waals surface area contributed by atoms with Crippen LogP contribution in [0.3, 0.4) is 0 Å². The number of hydrogen-bond donors (Lipinski definition) is 2. The molecule has 0 radical (unpaired) electrons. The van der Waals surface area contributed by atoms with Crippen molar-refractivity contribution in [1.82, 2.24) is 14.5 Å². The van der Waals surface area contributed by atoms with Gasteiger partial charge in [0.2, 0.25) is 5.03 Å². The Morgan fingerprint density at radius 3 is 2.29 bits per heavy atom. The topological polar surface area (TPSA) is 97.6 Å². The van der Waals surface area contributed by atoms with Gasteiger partial charge in [-0.25, -0.2) is 22.8 Å². The van der Waals surface area contributed by atoms with Crippen LogP contribution in [0.1, 0.15) is 60.2 Å². The van der Waals surface area contributed by atoms with Crippen LogP contribution in [0.4, 0.5) is 23.7 Å². The van der Waals surface area contributed by atoms with Gasteiger partial charge < -0.3 is 10.1 Å². The number of methoxy groups -OCH3 is 1. The van der Waals surface area contributed by atoms with E-state index < -0.39 is 39.4 Å². The minimum Gasteiger partial charge on any atom is -0.497 e. The molecule has 1 heterocycles. The number of benzene rings is 2. The van der Waals surface area contributed by atoms with Crippen LogP contribution >= 0.6 is 0 Å². The maximum Gasteiger partial charge on any atom is 0.354 e. The highest BCUT2D eigenvalue weighted by atomic mass is 32.2. The number of urea groups is 1. The summed E-state index contributed by atoms with van der Waals surface area (Å²) in [4.78, 5) is 13.2. The molecule has 0 bridgehead atoms. The second-order valence-electron chi connectivity index (χ2n) is 9.43. The summed E-state index contributed by atoms with van der Waals surface area (Å²) < 4.78 is 67.1. The third kappa shape index (κ3) is 5.02. The normalized spacial score (nSPS) is 16.6. The summed E-state index contributed by atoms with van der Waals surface area (Å²) in [5.41, 5.74) is 5.72. The fraction of sp³-hybridized carbons (Fsp3) is 0.385. The van der Waals surface area contributed by atoms with E-state index in [1.165, 1.54) is 18.2 Å². The van der Waals surface area contributed by atoms with Gasteiger partial charge in [-0.1, -0.05) is 18.2 Å². The predicted molar refractivity (Wildman–Crippen MR) is 136 cm³/mol. The lowest BCUT2D eigenvalue weighted by molar-refractivity contribution is 0.0551. The van der Waals surface area contributed by atoms with E-state index in [-0.39, 0.29) is 4.68 Å². The molecule has 0 saturated carbocycles. The van der Waals surface area contributed by atoms with Crippen LogP contribution in [0.5, 0.6) is 5.75 Å². The largest absolute Gasteiger partial charge is 0.497 e. The summed E-state index contributed by atoms with van der Waals surface area (Å²) in [5.74, 6) is -0.668. The molecule has 3 aromatic rings. The van der Waals surface area contributed by atoms with Gasteiger partial charge >= 0.3 is 12.6 Å². The second kappa shape index (κ2) is 10.4. The third-order valence-electron chi connectivity index (χ3n) is 6.99. The number of hydrogen-bond acceptors (Lipinski definition) is 4. The molecule has 2 aliphatic rings. The number of amides is 2. The first-order valence-electron chi connectivity index (χ1n) is 12.4. The van der Waals surface area contributed by atoms with Crippen LogP contribution < -0.4 is 14.8 Å². The molecular formula is C26H28F3N5O3S.